The average molecular weight is 459 g/mol. The molecule has 0 radical (unpaired) electrons. The van der Waals surface area contributed by atoms with E-state index < -0.39 is 5.60 Å². The smallest absolute Gasteiger partial charge is 0.0654 e. The van der Waals surface area contributed by atoms with E-state index in [0.29, 0.717) is 11.8 Å². The van der Waals surface area contributed by atoms with Crippen molar-refractivity contribution in [3.05, 3.63) is 23.3 Å². The molecule has 4 aliphatic rings. The van der Waals surface area contributed by atoms with Crippen LogP contribution in [0.5, 0.6) is 0 Å². The van der Waals surface area contributed by atoms with Gasteiger partial charge in [-0.2, -0.15) is 0 Å². The molecular formula is C30H50O3. The van der Waals surface area contributed by atoms with Crippen molar-refractivity contribution in [3.8, 4) is 0 Å². The molecule has 0 heterocycles. The van der Waals surface area contributed by atoms with Gasteiger partial charge in [-0.3, -0.25) is 0 Å². The zero-order valence-electron chi connectivity index (χ0n) is 22.4. The lowest BCUT2D eigenvalue weighted by atomic mass is 9.43. The Morgan fingerprint density at radius 2 is 1.76 bits per heavy atom. The molecule has 4 aliphatic carbocycles. The van der Waals surface area contributed by atoms with Crippen molar-refractivity contribution >= 4 is 0 Å². The zero-order chi connectivity index (χ0) is 24.4. The van der Waals surface area contributed by atoms with E-state index in [1.54, 1.807) is 0 Å². The lowest BCUT2D eigenvalue weighted by Crippen LogP contribution is -2.57. The molecule has 0 amide bonds. The van der Waals surface area contributed by atoms with E-state index in [9.17, 15) is 15.3 Å². The van der Waals surface area contributed by atoms with Crippen molar-refractivity contribution in [1.29, 1.82) is 0 Å². The fourth-order valence-corrected chi connectivity index (χ4v) is 9.14. The summed E-state index contributed by atoms with van der Waals surface area (Å²) in [6.07, 6.45) is 13.4. The highest BCUT2D eigenvalue weighted by Gasteiger charge is 2.66. The van der Waals surface area contributed by atoms with Gasteiger partial charge in [0.2, 0.25) is 0 Å². The van der Waals surface area contributed by atoms with Crippen LogP contribution in [-0.4, -0.2) is 33.6 Å². The van der Waals surface area contributed by atoms with Gasteiger partial charge in [-0.1, -0.05) is 66.5 Å². The third kappa shape index (κ3) is 3.54. The predicted octanol–water partition coefficient (Wildman–Crippen LogP) is 6.42. The van der Waals surface area contributed by atoms with E-state index in [1.807, 2.05) is 6.92 Å². The van der Waals surface area contributed by atoms with Crippen LogP contribution in [0, 0.1) is 39.4 Å². The monoisotopic (exact) mass is 458 g/mol. The summed E-state index contributed by atoms with van der Waals surface area (Å²) in [5.74, 6) is 1.20. The molecule has 7 atom stereocenters. The van der Waals surface area contributed by atoms with Gasteiger partial charge in [0, 0.05) is 10.8 Å². The molecule has 0 spiro atoms. The largest absolute Gasteiger partial charge is 0.396 e. The minimum Gasteiger partial charge on any atom is -0.396 e. The molecule has 0 aromatic heterocycles. The molecule has 33 heavy (non-hydrogen) atoms. The maximum Gasteiger partial charge on any atom is 0.0654 e. The Morgan fingerprint density at radius 3 is 2.39 bits per heavy atom. The molecule has 0 bridgehead atoms. The van der Waals surface area contributed by atoms with Gasteiger partial charge in [-0.15, -0.1) is 0 Å². The third-order valence-corrected chi connectivity index (χ3v) is 11.4. The molecular weight excluding hydrogens is 408 g/mol. The van der Waals surface area contributed by atoms with Crippen molar-refractivity contribution in [2.45, 2.75) is 118 Å². The SMILES string of the molecule is CC(C)CCC[C@](C)(O)[C@H]1CC[C@@]2(C)C3=CC[C@H]4C(C)(C)C(O)CC[C@]4(C)C3=CC[C@]12CO. The van der Waals surface area contributed by atoms with Gasteiger partial charge in [0.1, 0.15) is 0 Å². The standard InChI is InChI=1S/C30H50O3/c1-20(2)9-8-15-29(7,33)24-13-17-28(6)22-10-11-23-26(3,4)25(32)14-16-27(23,5)21(22)12-18-30(24,28)19-31/h10,12,20,23-25,31-33H,8-9,11,13-19H2,1-7H3/t23-,24+,25?,27+,28-,29-,30-/m0/s1. The molecule has 3 heteroatoms. The number of aliphatic hydroxyl groups is 3. The predicted molar refractivity (Wildman–Crippen MR) is 136 cm³/mol. The number of hydrogen-bond donors (Lipinski definition) is 3. The molecule has 0 saturated heterocycles. The van der Waals surface area contributed by atoms with Crippen LogP contribution in [0.4, 0.5) is 0 Å². The van der Waals surface area contributed by atoms with E-state index in [1.165, 1.54) is 11.1 Å². The van der Waals surface area contributed by atoms with Crippen molar-refractivity contribution in [2.75, 3.05) is 6.61 Å². The van der Waals surface area contributed by atoms with Crippen LogP contribution in [0.25, 0.3) is 0 Å². The fourth-order valence-electron chi connectivity index (χ4n) is 9.14. The molecule has 1 unspecified atom stereocenters. The van der Waals surface area contributed by atoms with E-state index in [0.717, 1.165) is 57.8 Å². The maximum atomic E-state index is 11.7. The van der Waals surface area contributed by atoms with E-state index in [2.05, 4.69) is 53.7 Å². The summed E-state index contributed by atoms with van der Waals surface area (Å²) >= 11 is 0. The Bertz CT molecular complexity index is 820. The Kier molecular flexibility index (Phi) is 6.33. The lowest BCUT2D eigenvalue weighted by Gasteiger charge is -2.61. The summed E-state index contributed by atoms with van der Waals surface area (Å²) in [5, 5.41) is 33.5. The Morgan fingerprint density at radius 1 is 1.06 bits per heavy atom. The van der Waals surface area contributed by atoms with Gasteiger partial charge in [0.15, 0.2) is 0 Å². The van der Waals surface area contributed by atoms with Gasteiger partial charge in [0.05, 0.1) is 18.3 Å². The Balaban J connectivity index is 1.71. The minimum absolute atomic E-state index is 0.0787. The number of hydrogen-bond acceptors (Lipinski definition) is 3. The quantitative estimate of drug-likeness (QED) is 0.430. The van der Waals surface area contributed by atoms with Crippen LogP contribution in [-0.2, 0) is 0 Å². The second-order valence-corrected chi connectivity index (χ2v) is 13.9. The first-order valence-corrected chi connectivity index (χ1v) is 13.7. The lowest BCUT2D eigenvalue weighted by molar-refractivity contribution is -0.108. The fraction of sp³-hybridized carbons (Fsp3) is 0.867. The molecule has 2 saturated carbocycles. The second kappa shape index (κ2) is 8.20. The summed E-state index contributed by atoms with van der Waals surface area (Å²) in [6.45, 7) is 16.0. The molecule has 3 N–H and O–H groups in total. The molecule has 188 valence electrons. The van der Waals surface area contributed by atoms with Crippen LogP contribution < -0.4 is 0 Å². The van der Waals surface area contributed by atoms with Crippen LogP contribution in [0.1, 0.15) is 106 Å². The third-order valence-electron chi connectivity index (χ3n) is 11.4. The Hall–Kier alpha value is -0.640. The van der Waals surface area contributed by atoms with Crippen molar-refractivity contribution in [1.82, 2.24) is 0 Å². The van der Waals surface area contributed by atoms with E-state index >= 15 is 0 Å². The topological polar surface area (TPSA) is 60.7 Å². The number of fused-ring (bicyclic) bond motifs is 5. The summed E-state index contributed by atoms with van der Waals surface area (Å²) < 4.78 is 0. The van der Waals surface area contributed by atoms with Crippen LogP contribution in [0.3, 0.4) is 0 Å². The summed E-state index contributed by atoms with van der Waals surface area (Å²) in [6, 6.07) is 0. The highest BCUT2D eigenvalue weighted by atomic mass is 16.3. The van der Waals surface area contributed by atoms with Gasteiger partial charge in [0.25, 0.3) is 0 Å². The highest BCUT2D eigenvalue weighted by Crippen LogP contribution is 2.72. The second-order valence-electron chi connectivity index (χ2n) is 13.9. The van der Waals surface area contributed by atoms with Gasteiger partial charge < -0.3 is 15.3 Å². The normalized spacial score (nSPS) is 43.8. The van der Waals surface area contributed by atoms with Gasteiger partial charge in [-0.05, 0) is 91.6 Å². The van der Waals surface area contributed by atoms with Gasteiger partial charge in [-0.25, -0.2) is 0 Å². The summed E-state index contributed by atoms with van der Waals surface area (Å²) in [5.41, 5.74) is 1.78. The van der Waals surface area contributed by atoms with Crippen LogP contribution >= 0.6 is 0 Å². The first-order valence-electron chi connectivity index (χ1n) is 13.7. The number of aliphatic hydroxyl groups excluding tert-OH is 2. The number of rotatable bonds is 6. The van der Waals surface area contributed by atoms with Gasteiger partial charge >= 0.3 is 0 Å². The Labute approximate surface area is 202 Å². The number of allylic oxidation sites excluding steroid dienone is 4. The molecule has 3 nitrogen and oxygen atoms in total. The molecule has 0 aromatic carbocycles. The van der Waals surface area contributed by atoms with Crippen molar-refractivity contribution in [3.63, 3.8) is 0 Å². The van der Waals surface area contributed by atoms with Crippen LogP contribution in [0.15, 0.2) is 23.3 Å². The van der Waals surface area contributed by atoms with Crippen molar-refractivity contribution < 1.29 is 15.3 Å². The van der Waals surface area contributed by atoms with E-state index in [-0.39, 0.29) is 40.3 Å². The first kappa shape index (κ1) is 25.5. The highest BCUT2D eigenvalue weighted by molar-refractivity contribution is 5.50. The van der Waals surface area contributed by atoms with E-state index in [4.69, 9.17) is 0 Å². The maximum absolute atomic E-state index is 11.7. The zero-order valence-corrected chi connectivity index (χ0v) is 22.4. The minimum atomic E-state index is -0.751. The molecule has 0 aromatic rings. The summed E-state index contributed by atoms with van der Waals surface area (Å²) in [7, 11) is 0. The molecule has 4 rings (SSSR count). The molecule has 0 aliphatic heterocycles. The van der Waals surface area contributed by atoms with Crippen molar-refractivity contribution in [2.24, 2.45) is 39.4 Å². The van der Waals surface area contributed by atoms with Crippen LogP contribution in [0.2, 0.25) is 0 Å². The summed E-state index contributed by atoms with van der Waals surface area (Å²) in [4.78, 5) is 0. The first-order chi connectivity index (χ1) is 15.3. The average Bonchev–Trinajstić information content (AvgIpc) is 3.05. The molecule has 2 fully saturated rings.